The second-order valence-corrected chi connectivity index (χ2v) is 5.67. The minimum absolute atomic E-state index is 0.126. The zero-order valence-corrected chi connectivity index (χ0v) is 11.9. The molecule has 22 heavy (non-hydrogen) atoms. The molecule has 0 saturated heterocycles. The fourth-order valence-electron chi connectivity index (χ4n) is 3.30. The highest BCUT2D eigenvalue weighted by atomic mass is 16.4. The average Bonchev–Trinajstić information content (AvgIpc) is 2.93. The molecule has 0 bridgehead atoms. The maximum Gasteiger partial charge on any atom is 0.321 e. The Kier molecular flexibility index (Phi) is 2.98. The van der Waals surface area contributed by atoms with Crippen LogP contribution in [0, 0.1) is 0 Å². The lowest BCUT2D eigenvalue weighted by atomic mass is 9.90. The molecule has 1 aliphatic rings. The number of H-pyrrole nitrogens is 1. The number of hydrogen-bond acceptors (Lipinski definition) is 2. The van der Waals surface area contributed by atoms with Crippen molar-refractivity contribution >= 4 is 16.9 Å². The van der Waals surface area contributed by atoms with E-state index in [9.17, 15) is 9.90 Å². The lowest BCUT2D eigenvalue weighted by molar-refractivity contribution is -0.139. The molecular formula is C18H16N2O2. The van der Waals surface area contributed by atoms with Crippen LogP contribution in [0.3, 0.4) is 0 Å². The first-order chi connectivity index (χ1) is 10.7. The molecule has 3 N–H and O–H groups in total. The van der Waals surface area contributed by atoms with Gasteiger partial charge in [0.25, 0.3) is 0 Å². The van der Waals surface area contributed by atoms with Gasteiger partial charge in [0, 0.05) is 23.0 Å². The smallest absolute Gasteiger partial charge is 0.321 e. The van der Waals surface area contributed by atoms with E-state index >= 15 is 0 Å². The Morgan fingerprint density at radius 2 is 1.77 bits per heavy atom. The summed E-state index contributed by atoms with van der Waals surface area (Å²) in [5.74, 6) is -0.808. The van der Waals surface area contributed by atoms with E-state index in [0.717, 1.165) is 27.7 Å². The summed E-state index contributed by atoms with van der Waals surface area (Å²) in [6.45, 7) is 0. The number of para-hydroxylation sites is 1. The number of aromatic nitrogens is 1. The van der Waals surface area contributed by atoms with Gasteiger partial charge in [-0.3, -0.25) is 10.1 Å². The van der Waals surface area contributed by atoms with Crippen LogP contribution >= 0.6 is 0 Å². The minimum atomic E-state index is -0.808. The Labute approximate surface area is 127 Å². The van der Waals surface area contributed by atoms with Crippen LogP contribution in [0.25, 0.3) is 10.9 Å². The third kappa shape index (κ3) is 2.00. The number of aliphatic carboxylic acids is 1. The molecule has 1 aromatic heterocycles. The van der Waals surface area contributed by atoms with Gasteiger partial charge in [0.2, 0.25) is 0 Å². The summed E-state index contributed by atoms with van der Waals surface area (Å²) >= 11 is 0. The highest BCUT2D eigenvalue weighted by Gasteiger charge is 2.33. The molecule has 4 nitrogen and oxygen atoms in total. The SMILES string of the molecule is O=C(O)[C@@H]1Cc2c([nH]c3ccccc23)C(c2ccccc2)N1. The zero-order chi connectivity index (χ0) is 15.1. The predicted molar refractivity (Wildman–Crippen MR) is 84.8 cm³/mol. The minimum Gasteiger partial charge on any atom is -0.480 e. The molecule has 3 aromatic rings. The quantitative estimate of drug-likeness (QED) is 0.680. The standard InChI is InChI=1S/C18H16N2O2/c21-18(22)15-10-13-12-8-4-5-9-14(12)19-17(13)16(20-15)11-6-2-1-3-7-11/h1-9,15-16,19-20H,10H2,(H,21,22)/t15-,16?/m0/s1. The van der Waals surface area contributed by atoms with E-state index in [1.165, 1.54) is 0 Å². The summed E-state index contributed by atoms with van der Waals surface area (Å²) in [7, 11) is 0. The van der Waals surface area contributed by atoms with Crippen LogP contribution in [0.2, 0.25) is 0 Å². The Hall–Kier alpha value is -2.59. The van der Waals surface area contributed by atoms with Crippen molar-refractivity contribution in [2.45, 2.75) is 18.5 Å². The highest BCUT2D eigenvalue weighted by Crippen LogP contribution is 2.35. The third-order valence-electron chi connectivity index (χ3n) is 4.34. The molecule has 0 saturated carbocycles. The number of benzene rings is 2. The summed E-state index contributed by atoms with van der Waals surface area (Å²) in [5.41, 5.74) is 4.31. The molecule has 1 aliphatic heterocycles. The second kappa shape index (κ2) is 5.00. The maximum atomic E-state index is 11.5. The molecule has 2 aromatic carbocycles. The first-order valence-corrected chi connectivity index (χ1v) is 7.37. The van der Waals surface area contributed by atoms with Gasteiger partial charge in [0.1, 0.15) is 6.04 Å². The normalized spacial score (nSPS) is 20.7. The summed E-state index contributed by atoms with van der Waals surface area (Å²) in [6, 6.07) is 17.3. The molecule has 0 spiro atoms. The average molecular weight is 292 g/mol. The van der Waals surface area contributed by atoms with E-state index in [4.69, 9.17) is 0 Å². The van der Waals surface area contributed by atoms with Gasteiger partial charge in [-0.1, -0.05) is 48.5 Å². The monoisotopic (exact) mass is 292 g/mol. The van der Waals surface area contributed by atoms with Gasteiger partial charge in [-0.05, 0) is 17.2 Å². The molecule has 0 amide bonds. The van der Waals surface area contributed by atoms with E-state index in [-0.39, 0.29) is 6.04 Å². The number of carboxylic acid groups (broad SMARTS) is 1. The van der Waals surface area contributed by atoms with Gasteiger partial charge < -0.3 is 10.1 Å². The fourth-order valence-corrected chi connectivity index (χ4v) is 3.30. The van der Waals surface area contributed by atoms with E-state index in [2.05, 4.69) is 16.4 Å². The van der Waals surface area contributed by atoms with Crippen molar-refractivity contribution in [2.75, 3.05) is 0 Å². The molecule has 2 atom stereocenters. The molecule has 2 heterocycles. The largest absolute Gasteiger partial charge is 0.480 e. The van der Waals surface area contributed by atoms with Gasteiger partial charge in [-0.2, -0.15) is 0 Å². The topological polar surface area (TPSA) is 65.1 Å². The molecule has 4 rings (SSSR count). The fraction of sp³-hybridized carbons (Fsp3) is 0.167. The molecular weight excluding hydrogens is 276 g/mol. The lowest BCUT2D eigenvalue weighted by Gasteiger charge is -2.29. The van der Waals surface area contributed by atoms with Crippen LogP contribution in [-0.4, -0.2) is 22.1 Å². The van der Waals surface area contributed by atoms with E-state index in [1.807, 2.05) is 48.5 Å². The van der Waals surface area contributed by atoms with Crippen molar-refractivity contribution in [3.63, 3.8) is 0 Å². The van der Waals surface area contributed by atoms with Gasteiger partial charge in [0.15, 0.2) is 0 Å². The second-order valence-electron chi connectivity index (χ2n) is 5.67. The van der Waals surface area contributed by atoms with Crippen molar-refractivity contribution in [1.29, 1.82) is 0 Å². The van der Waals surface area contributed by atoms with Gasteiger partial charge in [0.05, 0.1) is 6.04 Å². The van der Waals surface area contributed by atoms with Crippen molar-refractivity contribution in [1.82, 2.24) is 10.3 Å². The molecule has 110 valence electrons. The first kappa shape index (κ1) is 13.1. The lowest BCUT2D eigenvalue weighted by Crippen LogP contribution is -2.44. The van der Waals surface area contributed by atoms with Crippen molar-refractivity contribution in [2.24, 2.45) is 0 Å². The van der Waals surface area contributed by atoms with Crippen molar-refractivity contribution in [3.8, 4) is 0 Å². The van der Waals surface area contributed by atoms with Crippen LogP contribution in [0.4, 0.5) is 0 Å². The Morgan fingerprint density at radius 3 is 2.55 bits per heavy atom. The summed E-state index contributed by atoms with van der Waals surface area (Å²) in [4.78, 5) is 15.0. The van der Waals surface area contributed by atoms with Crippen molar-refractivity contribution in [3.05, 3.63) is 71.4 Å². The highest BCUT2D eigenvalue weighted by molar-refractivity contribution is 5.87. The van der Waals surface area contributed by atoms with E-state index in [0.29, 0.717) is 6.42 Å². The molecule has 0 radical (unpaired) electrons. The third-order valence-corrected chi connectivity index (χ3v) is 4.34. The van der Waals surface area contributed by atoms with Gasteiger partial charge in [-0.15, -0.1) is 0 Å². The Balaban J connectivity index is 1.91. The first-order valence-electron chi connectivity index (χ1n) is 7.37. The Bertz CT molecular complexity index is 839. The van der Waals surface area contributed by atoms with Crippen LogP contribution in [-0.2, 0) is 11.2 Å². The summed E-state index contributed by atoms with van der Waals surface area (Å²) in [5, 5.41) is 13.8. The summed E-state index contributed by atoms with van der Waals surface area (Å²) < 4.78 is 0. The molecule has 1 unspecified atom stereocenters. The van der Waals surface area contributed by atoms with Gasteiger partial charge >= 0.3 is 5.97 Å². The zero-order valence-electron chi connectivity index (χ0n) is 11.9. The number of fused-ring (bicyclic) bond motifs is 3. The number of aromatic amines is 1. The molecule has 4 heteroatoms. The maximum absolute atomic E-state index is 11.5. The van der Waals surface area contributed by atoms with Crippen LogP contribution in [0.5, 0.6) is 0 Å². The number of carboxylic acids is 1. The Morgan fingerprint density at radius 1 is 1.05 bits per heavy atom. The van der Waals surface area contributed by atoms with Crippen LogP contribution in [0.1, 0.15) is 22.9 Å². The van der Waals surface area contributed by atoms with Crippen molar-refractivity contribution < 1.29 is 9.90 Å². The molecule has 0 aliphatic carbocycles. The van der Waals surface area contributed by atoms with Crippen LogP contribution in [0.15, 0.2) is 54.6 Å². The number of nitrogens with one attached hydrogen (secondary N) is 2. The number of carbonyl (C=O) groups is 1. The van der Waals surface area contributed by atoms with Gasteiger partial charge in [-0.25, -0.2) is 0 Å². The number of rotatable bonds is 2. The van der Waals surface area contributed by atoms with E-state index < -0.39 is 12.0 Å². The number of hydrogen-bond donors (Lipinski definition) is 3. The predicted octanol–water partition coefficient (Wildman–Crippen LogP) is 2.86. The van der Waals surface area contributed by atoms with Crippen LogP contribution < -0.4 is 5.32 Å². The summed E-state index contributed by atoms with van der Waals surface area (Å²) in [6.07, 6.45) is 0.498. The van der Waals surface area contributed by atoms with E-state index in [1.54, 1.807) is 0 Å². The molecule has 0 fully saturated rings.